The molecule has 84 valence electrons. The van der Waals surface area contributed by atoms with Gasteiger partial charge in [-0.15, -0.1) is 0 Å². The molecule has 2 heteroatoms. The number of hydrogen-bond donors (Lipinski definition) is 2. The summed E-state index contributed by atoms with van der Waals surface area (Å²) in [6, 6.07) is 10.4. The molecule has 0 fully saturated rings. The standard InChI is InChI=1S/C13H21NS/c1-2-3-7-12(10-14)13(15)11-8-5-4-6-9-11/h4-6,8-9,12-13,15H,2-3,7,10,14H2,1H3. The first-order valence-electron chi connectivity index (χ1n) is 5.72. The Balaban J connectivity index is 2.60. The smallest absolute Gasteiger partial charge is 0.0307 e. The van der Waals surface area contributed by atoms with E-state index >= 15 is 0 Å². The lowest BCUT2D eigenvalue weighted by Gasteiger charge is -2.21. The molecule has 1 aromatic carbocycles. The van der Waals surface area contributed by atoms with Crippen LogP contribution >= 0.6 is 12.6 Å². The van der Waals surface area contributed by atoms with Crippen LogP contribution in [0.1, 0.15) is 37.0 Å². The van der Waals surface area contributed by atoms with Crippen molar-refractivity contribution in [2.75, 3.05) is 6.54 Å². The first kappa shape index (κ1) is 12.6. The largest absolute Gasteiger partial charge is 0.330 e. The van der Waals surface area contributed by atoms with Crippen LogP contribution < -0.4 is 5.73 Å². The SMILES string of the molecule is CCCCC(CN)C(S)c1ccccc1. The van der Waals surface area contributed by atoms with Crippen molar-refractivity contribution in [3.63, 3.8) is 0 Å². The molecule has 0 aromatic heterocycles. The highest BCUT2D eigenvalue weighted by molar-refractivity contribution is 7.80. The van der Waals surface area contributed by atoms with Crippen molar-refractivity contribution in [2.24, 2.45) is 11.7 Å². The van der Waals surface area contributed by atoms with Crippen LogP contribution in [0.5, 0.6) is 0 Å². The van der Waals surface area contributed by atoms with Crippen molar-refractivity contribution in [2.45, 2.75) is 31.4 Å². The Bertz CT molecular complexity index is 260. The maximum Gasteiger partial charge on any atom is 0.0307 e. The molecule has 2 N–H and O–H groups in total. The Labute approximate surface area is 98.5 Å². The van der Waals surface area contributed by atoms with E-state index < -0.39 is 0 Å². The second-order valence-electron chi connectivity index (χ2n) is 3.99. The molecular weight excluding hydrogens is 202 g/mol. The fourth-order valence-corrected chi connectivity index (χ4v) is 2.24. The van der Waals surface area contributed by atoms with Gasteiger partial charge in [0.1, 0.15) is 0 Å². The number of thiol groups is 1. The van der Waals surface area contributed by atoms with E-state index in [1.54, 1.807) is 0 Å². The summed E-state index contributed by atoms with van der Waals surface area (Å²) in [5.74, 6) is 0.496. The first-order valence-corrected chi connectivity index (χ1v) is 6.24. The summed E-state index contributed by atoms with van der Waals surface area (Å²) in [5.41, 5.74) is 7.09. The van der Waals surface area contributed by atoms with Gasteiger partial charge in [0, 0.05) is 5.25 Å². The van der Waals surface area contributed by atoms with Crippen LogP contribution in [0.3, 0.4) is 0 Å². The van der Waals surface area contributed by atoms with E-state index in [0.717, 1.165) is 6.54 Å². The van der Waals surface area contributed by atoms with Crippen molar-refractivity contribution in [3.8, 4) is 0 Å². The van der Waals surface area contributed by atoms with Gasteiger partial charge in [-0.3, -0.25) is 0 Å². The van der Waals surface area contributed by atoms with Gasteiger partial charge in [0.2, 0.25) is 0 Å². The zero-order valence-corrected chi connectivity index (χ0v) is 10.3. The molecule has 0 amide bonds. The summed E-state index contributed by atoms with van der Waals surface area (Å²) in [7, 11) is 0. The maximum atomic E-state index is 5.80. The Morgan fingerprint density at radius 3 is 2.47 bits per heavy atom. The molecule has 1 rings (SSSR count). The van der Waals surface area contributed by atoms with Gasteiger partial charge in [0.25, 0.3) is 0 Å². The van der Waals surface area contributed by atoms with Crippen LogP contribution in [0, 0.1) is 5.92 Å². The van der Waals surface area contributed by atoms with Crippen molar-refractivity contribution < 1.29 is 0 Å². The van der Waals surface area contributed by atoms with Crippen molar-refractivity contribution >= 4 is 12.6 Å². The quantitative estimate of drug-likeness (QED) is 0.710. The number of rotatable bonds is 6. The Morgan fingerprint density at radius 2 is 1.93 bits per heavy atom. The minimum Gasteiger partial charge on any atom is -0.330 e. The molecule has 0 saturated carbocycles. The molecule has 15 heavy (non-hydrogen) atoms. The summed E-state index contributed by atoms with van der Waals surface area (Å²) in [6.45, 7) is 2.94. The van der Waals surface area contributed by atoms with Crippen molar-refractivity contribution in [3.05, 3.63) is 35.9 Å². The van der Waals surface area contributed by atoms with E-state index in [1.807, 2.05) is 6.07 Å². The third-order valence-electron chi connectivity index (χ3n) is 2.82. The molecule has 1 nitrogen and oxygen atoms in total. The van der Waals surface area contributed by atoms with E-state index in [2.05, 4.69) is 43.8 Å². The molecule has 0 aliphatic carbocycles. The van der Waals surface area contributed by atoms with Gasteiger partial charge in [0.05, 0.1) is 0 Å². The number of benzene rings is 1. The molecule has 0 aliphatic rings. The molecule has 0 saturated heterocycles. The molecular formula is C13H21NS. The predicted molar refractivity (Wildman–Crippen MR) is 70.2 cm³/mol. The van der Waals surface area contributed by atoms with Crippen LogP contribution in [0.25, 0.3) is 0 Å². The van der Waals surface area contributed by atoms with Gasteiger partial charge >= 0.3 is 0 Å². The second kappa shape index (κ2) is 6.91. The van der Waals surface area contributed by atoms with Gasteiger partial charge in [-0.05, 0) is 24.4 Å². The van der Waals surface area contributed by atoms with Crippen LogP contribution in [0.4, 0.5) is 0 Å². The molecule has 0 heterocycles. The lowest BCUT2D eigenvalue weighted by atomic mass is 9.93. The summed E-state index contributed by atoms with van der Waals surface area (Å²) in [4.78, 5) is 0. The summed E-state index contributed by atoms with van der Waals surface area (Å²) in [5, 5.41) is 0.280. The summed E-state index contributed by atoms with van der Waals surface area (Å²) in [6.07, 6.45) is 3.65. The molecule has 0 bridgehead atoms. The van der Waals surface area contributed by atoms with Crippen molar-refractivity contribution in [1.82, 2.24) is 0 Å². The zero-order valence-electron chi connectivity index (χ0n) is 9.39. The first-order chi connectivity index (χ1) is 7.29. The van der Waals surface area contributed by atoms with Gasteiger partial charge < -0.3 is 5.73 Å². The minimum atomic E-state index is 0.280. The van der Waals surface area contributed by atoms with E-state index in [-0.39, 0.29) is 5.25 Å². The molecule has 1 aromatic rings. The second-order valence-corrected chi connectivity index (χ2v) is 4.55. The lowest BCUT2D eigenvalue weighted by Crippen LogP contribution is -2.19. The van der Waals surface area contributed by atoms with Crippen molar-refractivity contribution in [1.29, 1.82) is 0 Å². The number of unbranched alkanes of at least 4 members (excludes halogenated alkanes) is 1. The Hall–Kier alpha value is -0.470. The molecule has 0 aliphatic heterocycles. The van der Waals surface area contributed by atoms with E-state index in [0.29, 0.717) is 5.92 Å². The van der Waals surface area contributed by atoms with Gasteiger partial charge in [0.15, 0.2) is 0 Å². The average Bonchev–Trinajstić information content (AvgIpc) is 2.31. The van der Waals surface area contributed by atoms with Crippen LogP contribution in [-0.2, 0) is 0 Å². The third-order valence-corrected chi connectivity index (χ3v) is 3.54. The number of nitrogens with two attached hydrogens (primary N) is 1. The van der Waals surface area contributed by atoms with E-state index in [4.69, 9.17) is 5.73 Å². The number of hydrogen-bond acceptors (Lipinski definition) is 2. The van der Waals surface area contributed by atoms with Gasteiger partial charge in [-0.25, -0.2) is 0 Å². The van der Waals surface area contributed by atoms with Gasteiger partial charge in [-0.1, -0.05) is 50.1 Å². The third kappa shape index (κ3) is 3.88. The van der Waals surface area contributed by atoms with E-state index in [9.17, 15) is 0 Å². The predicted octanol–water partition coefficient (Wildman–Crippen LogP) is 3.42. The van der Waals surface area contributed by atoms with Crippen LogP contribution in [0.15, 0.2) is 30.3 Å². The Kier molecular flexibility index (Phi) is 5.81. The Morgan fingerprint density at radius 1 is 1.27 bits per heavy atom. The fraction of sp³-hybridized carbons (Fsp3) is 0.538. The highest BCUT2D eigenvalue weighted by atomic mass is 32.1. The van der Waals surface area contributed by atoms with E-state index in [1.165, 1.54) is 24.8 Å². The molecule has 0 spiro atoms. The fourth-order valence-electron chi connectivity index (χ4n) is 1.79. The lowest BCUT2D eigenvalue weighted by molar-refractivity contribution is 0.466. The van der Waals surface area contributed by atoms with Crippen LogP contribution in [-0.4, -0.2) is 6.54 Å². The summed E-state index contributed by atoms with van der Waals surface area (Å²) < 4.78 is 0. The van der Waals surface area contributed by atoms with Gasteiger partial charge in [-0.2, -0.15) is 12.6 Å². The average molecular weight is 223 g/mol. The highest BCUT2D eigenvalue weighted by Gasteiger charge is 2.17. The maximum absolute atomic E-state index is 5.80. The molecule has 2 atom stereocenters. The van der Waals surface area contributed by atoms with Crippen LogP contribution in [0.2, 0.25) is 0 Å². The monoisotopic (exact) mass is 223 g/mol. The molecule has 2 unspecified atom stereocenters. The summed E-state index contributed by atoms with van der Waals surface area (Å²) >= 11 is 4.69. The normalized spacial score (nSPS) is 14.9. The highest BCUT2D eigenvalue weighted by Crippen LogP contribution is 2.30. The topological polar surface area (TPSA) is 26.0 Å². The minimum absolute atomic E-state index is 0.280. The molecule has 0 radical (unpaired) electrons. The zero-order chi connectivity index (χ0) is 11.1.